The topological polar surface area (TPSA) is 41.1 Å². The Morgan fingerprint density at radius 2 is 1.95 bits per heavy atom. The van der Waals surface area contributed by atoms with E-state index in [-0.39, 0.29) is 24.5 Å². The van der Waals surface area contributed by atoms with Gasteiger partial charge in [0.2, 0.25) is 5.91 Å². The van der Waals surface area contributed by atoms with Crippen LogP contribution in [0, 0.1) is 5.82 Å². The van der Waals surface area contributed by atoms with Crippen molar-refractivity contribution in [3.63, 3.8) is 0 Å². The van der Waals surface area contributed by atoms with Crippen LogP contribution in [-0.2, 0) is 11.0 Å². The molecule has 1 amide bonds. The number of nitrogens with one attached hydrogen (secondary N) is 2. The summed E-state index contributed by atoms with van der Waals surface area (Å²) in [4.78, 5) is 11.3. The summed E-state index contributed by atoms with van der Waals surface area (Å²) in [7, 11) is 1.65. The second-order valence-corrected chi connectivity index (χ2v) is 3.59. The van der Waals surface area contributed by atoms with Gasteiger partial charge in [-0.05, 0) is 25.2 Å². The molecule has 1 aromatic carbocycles. The Kier molecular flexibility index (Phi) is 6.78. The summed E-state index contributed by atoms with van der Waals surface area (Å²) in [6.45, 7) is 0.402. The molecule has 0 saturated heterocycles. The average Bonchev–Trinajstić information content (AvgIpc) is 2.27. The van der Waals surface area contributed by atoms with Crippen LogP contribution in [0.25, 0.3) is 0 Å². The third-order valence-electron chi connectivity index (χ3n) is 2.16. The first-order valence-electron chi connectivity index (χ1n) is 5.16. The van der Waals surface area contributed by atoms with Crippen LogP contribution in [-0.4, -0.2) is 19.5 Å². The fourth-order valence-electron chi connectivity index (χ4n) is 1.28. The molecule has 0 fully saturated rings. The van der Waals surface area contributed by atoms with Crippen LogP contribution in [0.1, 0.15) is 12.0 Å². The third-order valence-corrected chi connectivity index (χ3v) is 2.16. The van der Waals surface area contributed by atoms with Gasteiger partial charge >= 0.3 is 6.18 Å². The fraction of sp³-hybridized carbons (Fsp3) is 0.364. The summed E-state index contributed by atoms with van der Waals surface area (Å²) >= 11 is 0. The molecule has 19 heavy (non-hydrogen) atoms. The van der Waals surface area contributed by atoms with Crippen LogP contribution in [0.4, 0.5) is 23.2 Å². The number of hydrogen-bond donors (Lipinski definition) is 2. The van der Waals surface area contributed by atoms with E-state index in [0.717, 1.165) is 6.07 Å². The highest BCUT2D eigenvalue weighted by molar-refractivity contribution is 5.90. The lowest BCUT2D eigenvalue weighted by atomic mass is 10.1. The number of rotatable bonds is 4. The first kappa shape index (κ1) is 17.7. The summed E-state index contributed by atoms with van der Waals surface area (Å²) in [6.07, 6.45) is -4.66. The zero-order valence-corrected chi connectivity index (χ0v) is 10.8. The van der Waals surface area contributed by atoms with Crippen LogP contribution in [0.3, 0.4) is 0 Å². The Labute approximate surface area is 113 Å². The van der Waals surface area contributed by atoms with E-state index in [1.807, 2.05) is 0 Å². The molecule has 0 aliphatic rings. The number of benzene rings is 1. The predicted molar refractivity (Wildman–Crippen MR) is 65.8 cm³/mol. The lowest BCUT2D eigenvalue weighted by Crippen LogP contribution is -2.19. The minimum atomic E-state index is -4.78. The van der Waals surface area contributed by atoms with Crippen molar-refractivity contribution in [2.75, 3.05) is 18.9 Å². The Balaban J connectivity index is 0.00000324. The minimum Gasteiger partial charge on any atom is -0.326 e. The summed E-state index contributed by atoms with van der Waals surface area (Å²) in [5.74, 6) is -1.81. The molecule has 0 unspecified atom stereocenters. The number of carbonyl (C=O) groups excluding carboxylic acids is 1. The predicted octanol–water partition coefficient (Wildman–Crippen LogP) is 2.81. The number of carbonyl (C=O) groups is 1. The van der Waals surface area contributed by atoms with Crippen LogP contribution < -0.4 is 10.6 Å². The van der Waals surface area contributed by atoms with Crippen molar-refractivity contribution in [2.24, 2.45) is 0 Å². The van der Waals surface area contributed by atoms with Crippen LogP contribution >= 0.6 is 12.4 Å². The van der Waals surface area contributed by atoms with Gasteiger partial charge in [-0.3, -0.25) is 4.79 Å². The highest BCUT2D eigenvalue weighted by atomic mass is 35.5. The Bertz CT molecular complexity index is 437. The number of amides is 1. The van der Waals surface area contributed by atoms with E-state index in [1.54, 1.807) is 7.05 Å². The van der Waals surface area contributed by atoms with Crippen molar-refractivity contribution >= 4 is 24.0 Å². The van der Waals surface area contributed by atoms with E-state index in [4.69, 9.17) is 0 Å². The Morgan fingerprint density at radius 1 is 1.32 bits per heavy atom. The van der Waals surface area contributed by atoms with E-state index in [9.17, 15) is 22.4 Å². The SMILES string of the molecule is CNCCC(=O)Nc1ccc(F)c(C(F)(F)F)c1.Cl. The Morgan fingerprint density at radius 3 is 2.47 bits per heavy atom. The van der Waals surface area contributed by atoms with Gasteiger partial charge in [-0.1, -0.05) is 0 Å². The molecule has 2 N–H and O–H groups in total. The molecule has 0 aliphatic carbocycles. The van der Waals surface area contributed by atoms with Gasteiger partial charge in [-0.15, -0.1) is 12.4 Å². The van der Waals surface area contributed by atoms with Crippen molar-refractivity contribution in [1.29, 1.82) is 0 Å². The third kappa shape index (κ3) is 5.44. The van der Waals surface area contributed by atoms with Crippen molar-refractivity contribution < 1.29 is 22.4 Å². The largest absolute Gasteiger partial charge is 0.419 e. The molecular weight excluding hydrogens is 288 g/mol. The van der Waals surface area contributed by atoms with Gasteiger partial charge in [0, 0.05) is 18.7 Å². The van der Waals surface area contributed by atoms with Gasteiger partial charge in [0.05, 0.1) is 5.56 Å². The van der Waals surface area contributed by atoms with Gasteiger partial charge in [0.1, 0.15) is 5.82 Å². The summed E-state index contributed by atoms with van der Waals surface area (Å²) in [5.41, 5.74) is -1.47. The monoisotopic (exact) mass is 300 g/mol. The highest BCUT2D eigenvalue weighted by Crippen LogP contribution is 2.32. The molecule has 1 aromatic rings. The molecule has 108 valence electrons. The molecule has 8 heteroatoms. The zero-order valence-electron chi connectivity index (χ0n) is 9.97. The number of halogens is 5. The number of hydrogen-bond acceptors (Lipinski definition) is 2. The van der Waals surface area contributed by atoms with E-state index < -0.39 is 23.5 Å². The van der Waals surface area contributed by atoms with Crippen molar-refractivity contribution in [3.05, 3.63) is 29.6 Å². The second kappa shape index (κ2) is 7.30. The molecule has 0 saturated carbocycles. The quantitative estimate of drug-likeness (QED) is 0.840. The maximum atomic E-state index is 13.0. The van der Waals surface area contributed by atoms with E-state index >= 15 is 0 Å². The normalized spacial score (nSPS) is 10.8. The Hall–Kier alpha value is -1.34. The van der Waals surface area contributed by atoms with Gasteiger partial charge in [0.15, 0.2) is 0 Å². The smallest absolute Gasteiger partial charge is 0.326 e. The molecule has 0 spiro atoms. The second-order valence-electron chi connectivity index (χ2n) is 3.59. The molecule has 3 nitrogen and oxygen atoms in total. The molecule has 0 heterocycles. The van der Waals surface area contributed by atoms with Gasteiger partial charge < -0.3 is 10.6 Å². The zero-order chi connectivity index (χ0) is 13.8. The fourth-order valence-corrected chi connectivity index (χ4v) is 1.28. The van der Waals surface area contributed by atoms with Crippen molar-refractivity contribution in [2.45, 2.75) is 12.6 Å². The molecular formula is C11H13ClF4N2O. The van der Waals surface area contributed by atoms with Gasteiger partial charge in [-0.25, -0.2) is 4.39 Å². The molecule has 0 aliphatic heterocycles. The standard InChI is InChI=1S/C11H12F4N2O.ClH/c1-16-5-4-10(18)17-7-2-3-9(12)8(6-7)11(13,14)15;/h2-3,6,16H,4-5H2,1H3,(H,17,18);1H. The van der Waals surface area contributed by atoms with Crippen LogP contribution in [0.15, 0.2) is 18.2 Å². The minimum absolute atomic E-state index is 0. The molecule has 0 atom stereocenters. The first-order chi connectivity index (χ1) is 8.34. The maximum Gasteiger partial charge on any atom is 0.419 e. The molecule has 0 bridgehead atoms. The molecule has 0 aromatic heterocycles. The van der Waals surface area contributed by atoms with Gasteiger partial charge in [0.25, 0.3) is 0 Å². The van der Waals surface area contributed by atoms with Crippen molar-refractivity contribution in [1.82, 2.24) is 5.32 Å². The summed E-state index contributed by atoms with van der Waals surface area (Å²) < 4.78 is 50.2. The van der Waals surface area contributed by atoms with Crippen LogP contribution in [0.5, 0.6) is 0 Å². The van der Waals surface area contributed by atoms with Crippen molar-refractivity contribution in [3.8, 4) is 0 Å². The van der Waals surface area contributed by atoms with E-state index in [0.29, 0.717) is 18.7 Å². The van der Waals surface area contributed by atoms with E-state index in [1.165, 1.54) is 0 Å². The highest BCUT2D eigenvalue weighted by Gasteiger charge is 2.34. The number of alkyl halides is 3. The number of anilines is 1. The lowest BCUT2D eigenvalue weighted by Gasteiger charge is -2.11. The van der Waals surface area contributed by atoms with E-state index in [2.05, 4.69) is 10.6 Å². The first-order valence-corrected chi connectivity index (χ1v) is 5.16. The van der Waals surface area contributed by atoms with Crippen LogP contribution in [0.2, 0.25) is 0 Å². The molecule has 1 rings (SSSR count). The maximum absolute atomic E-state index is 13.0. The summed E-state index contributed by atoms with van der Waals surface area (Å²) in [5, 5.41) is 5.00. The lowest BCUT2D eigenvalue weighted by molar-refractivity contribution is -0.140. The van der Waals surface area contributed by atoms with Gasteiger partial charge in [-0.2, -0.15) is 13.2 Å². The summed E-state index contributed by atoms with van der Waals surface area (Å²) in [6, 6.07) is 2.34. The molecule has 0 radical (unpaired) electrons. The average molecular weight is 301 g/mol.